The minimum absolute atomic E-state index is 0.110. The molecule has 0 saturated carbocycles. The standard InChI is InChI=1S/C16H18F3N3O2S/c1-25(24)21-14-5-11-3-2-10(4-12(11)6-14)7-22-8-13(9-23)15(20-22)16(17,18)19/h2-4,8,14,21,23H,5-7,9H2,1H3/t14-,25?/m0/s1. The van der Waals surface area contributed by atoms with Crippen LogP contribution in [0.2, 0.25) is 0 Å². The van der Waals surface area contributed by atoms with Crippen LogP contribution < -0.4 is 4.72 Å². The van der Waals surface area contributed by atoms with E-state index in [4.69, 9.17) is 5.11 Å². The van der Waals surface area contributed by atoms with Crippen molar-refractivity contribution in [2.24, 2.45) is 0 Å². The molecule has 136 valence electrons. The van der Waals surface area contributed by atoms with Crippen LogP contribution in [0.3, 0.4) is 0 Å². The predicted molar refractivity (Wildman–Crippen MR) is 87.1 cm³/mol. The molecule has 1 aliphatic carbocycles. The molecule has 0 fully saturated rings. The van der Waals surface area contributed by atoms with Gasteiger partial charge in [0.25, 0.3) is 0 Å². The van der Waals surface area contributed by atoms with Gasteiger partial charge in [-0.25, -0.2) is 0 Å². The van der Waals surface area contributed by atoms with Gasteiger partial charge in [0.2, 0.25) is 0 Å². The Morgan fingerprint density at radius 2 is 2.08 bits per heavy atom. The van der Waals surface area contributed by atoms with Gasteiger partial charge in [-0.15, -0.1) is 4.72 Å². The van der Waals surface area contributed by atoms with Crippen molar-refractivity contribution in [3.63, 3.8) is 0 Å². The van der Waals surface area contributed by atoms with Gasteiger partial charge in [0.15, 0.2) is 5.69 Å². The summed E-state index contributed by atoms with van der Waals surface area (Å²) in [5, 5.41) is 12.7. The summed E-state index contributed by atoms with van der Waals surface area (Å²) in [4.78, 5) is 0. The Bertz CT molecular complexity index is 762. The van der Waals surface area contributed by atoms with E-state index in [-0.39, 0.29) is 18.2 Å². The van der Waals surface area contributed by atoms with Gasteiger partial charge in [-0.1, -0.05) is 18.2 Å². The number of hydrogen-bond donors (Lipinski definition) is 2. The molecule has 0 spiro atoms. The van der Waals surface area contributed by atoms with Crippen molar-refractivity contribution in [3.05, 3.63) is 52.3 Å². The molecule has 1 aromatic heterocycles. The van der Waals surface area contributed by atoms with Crippen LogP contribution in [0.4, 0.5) is 13.2 Å². The molecule has 0 bridgehead atoms. The molecule has 2 aromatic rings. The van der Waals surface area contributed by atoms with Gasteiger partial charge in [0.05, 0.1) is 19.2 Å². The summed E-state index contributed by atoms with van der Waals surface area (Å²) >= 11 is -1.08. The van der Waals surface area contributed by atoms with Crippen molar-refractivity contribution in [3.8, 4) is 0 Å². The zero-order valence-electron chi connectivity index (χ0n) is 13.5. The highest BCUT2D eigenvalue weighted by atomic mass is 32.2. The Kier molecular flexibility index (Phi) is 5.10. The van der Waals surface area contributed by atoms with Crippen LogP contribution in [0.5, 0.6) is 0 Å². The van der Waals surface area contributed by atoms with Crippen molar-refractivity contribution in [1.82, 2.24) is 14.5 Å². The van der Waals surface area contributed by atoms with Crippen molar-refractivity contribution in [2.75, 3.05) is 6.26 Å². The van der Waals surface area contributed by atoms with Crippen LogP contribution in [0.15, 0.2) is 24.4 Å². The minimum atomic E-state index is -4.59. The van der Waals surface area contributed by atoms with E-state index in [1.165, 1.54) is 10.9 Å². The van der Waals surface area contributed by atoms with Crippen LogP contribution in [0.1, 0.15) is 27.9 Å². The maximum absolute atomic E-state index is 12.9. The molecule has 2 atom stereocenters. The smallest absolute Gasteiger partial charge is 0.435 e. The molecular weight excluding hydrogens is 355 g/mol. The summed E-state index contributed by atoms with van der Waals surface area (Å²) in [5.74, 6) is 0. The predicted octanol–water partition coefficient (Wildman–Crippen LogP) is 1.79. The summed E-state index contributed by atoms with van der Waals surface area (Å²) in [6.07, 6.45) is -0.263. The van der Waals surface area contributed by atoms with Gasteiger partial charge < -0.3 is 9.66 Å². The third-order valence-corrected chi connectivity index (χ3v) is 4.82. The Morgan fingerprint density at radius 3 is 2.68 bits per heavy atom. The lowest BCUT2D eigenvalue weighted by Crippen LogP contribution is -2.34. The third kappa shape index (κ3) is 4.17. The lowest BCUT2D eigenvalue weighted by molar-refractivity contribution is -0.142. The second kappa shape index (κ2) is 6.99. The van der Waals surface area contributed by atoms with E-state index in [9.17, 15) is 17.7 Å². The highest BCUT2D eigenvalue weighted by Crippen LogP contribution is 2.31. The van der Waals surface area contributed by atoms with Crippen molar-refractivity contribution >= 4 is 11.4 Å². The second-order valence-corrected chi connectivity index (χ2v) is 7.28. The first-order valence-electron chi connectivity index (χ1n) is 7.71. The Morgan fingerprint density at radius 1 is 1.36 bits per heavy atom. The molecule has 0 saturated heterocycles. The Hall–Kier alpha value is -1.55. The van der Waals surface area contributed by atoms with Gasteiger partial charge in [-0.05, 0) is 29.5 Å². The van der Waals surface area contributed by atoms with Gasteiger partial charge in [-0.3, -0.25) is 4.68 Å². The Balaban J connectivity index is 1.76. The van der Waals surface area contributed by atoms with Gasteiger partial charge >= 0.3 is 6.18 Å². The van der Waals surface area contributed by atoms with Crippen molar-refractivity contribution < 1.29 is 22.8 Å². The van der Waals surface area contributed by atoms with E-state index in [0.29, 0.717) is 0 Å². The maximum atomic E-state index is 12.9. The molecular formula is C16H18F3N3O2S. The summed E-state index contributed by atoms with van der Waals surface area (Å²) in [6.45, 7) is -0.519. The number of rotatable bonds is 5. The van der Waals surface area contributed by atoms with Crippen molar-refractivity contribution in [2.45, 2.75) is 38.2 Å². The topological polar surface area (TPSA) is 73.1 Å². The lowest BCUT2D eigenvalue weighted by atomic mass is 10.1. The third-order valence-electron chi connectivity index (χ3n) is 4.16. The average Bonchev–Trinajstić information content (AvgIpc) is 3.08. The molecule has 9 heteroatoms. The normalized spacial score (nSPS) is 18.4. The fraction of sp³-hybridized carbons (Fsp3) is 0.438. The van der Waals surface area contributed by atoms with Crippen LogP contribution >= 0.6 is 0 Å². The molecule has 1 heterocycles. The lowest BCUT2D eigenvalue weighted by Gasteiger charge is -2.11. The summed E-state index contributed by atoms with van der Waals surface area (Å²) in [7, 11) is 0. The first-order valence-corrected chi connectivity index (χ1v) is 9.26. The summed E-state index contributed by atoms with van der Waals surface area (Å²) < 4.78 is 54.2. The number of fused-ring (bicyclic) bond motifs is 1. The SMILES string of the molecule is C[S+]([O-])N[C@H]1Cc2ccc(Cn3cc(CO)c(C(F)(F)F)n3)cc2C1. The van der Waals surface area contributed by atoms with Crippen LogP contribution in [-0.4, -0.2) is 31.7 Å². The van der Waals surface area contributed by atoms with Crippen molar-refractivity contribution in [1.29, 1.82) is 0 Å². The molecule has 3 rings (SSSR count). The number of alkyl halides is 3. The second-order valence-electron chi connectivity index (χ2n) is 6.14. The molecule has 25 heavy (non-hydrogen) atoms. The molecule has 0 radical (unpaired) electrons. The number of hydrogen-bond acceptors (Lipinski definition) is 4. The summed E-state index contributed by atoms with van der Waals surface area (Å²) in [6, 6.07) is 5.87. The van der Waals surface area contributed by atoms with Gasteiger partial charge in [0, 0.05) is 23.1 Å². The molecule has 2 N–H and O–H groups in total. The molecule has 1 aliphatic rings. The summed E-state index contributed by atoms with van der Waals surface area (Å²) in [5.41, 5.74) is 1.80. The molecule has 0 aliphatic heterocycles. The molecule has 1 aromatic carbocycles. The van der Waals surface area contributed by atoms with E-state index < -0.39 is 29.8 Å². The zero-order valence-corrected chi connectivity index (χ0v) is 14.3. The van der Waals surface area contributed by atoms with Gasteiger partial charge in [-0.2, -0.15) is 18.3 Å². The fourth-order valence-electron chi connectivity index (χ4n) is 3.17. The number of aromatic nitrogens is 2. The highest BCUT2D eigenvalue weighted by Gasteiger charge is 2.37. The Labute approximate surface area is 146 Å². The zero-order chi connectivity index (χ0) is 18.2. The van der Waals surface area contributed by atoms with E-state index in [0.717, 1.165) is 29.5 Å². The van der Waals surface area contributed by atoms with E-state index >= 15 is 0 Å². The van der Waals surface area contributed by atoms with Crippen LogP contribution in [-0.2, 0) is 43.5 Å². The number of aliphatic hydroxyl groups excluding tert-OH is 1. The maximum Gasteiger partial charge on any atom is 0.435 e. The average molecular weight is 373 g/mol. The first-order chi connectivity index (χ1) is 11.8. The largest absolute Gasteiger partial charge is 0.598 e. The number of aliphatic hydroxyl groups is 1. The number of nitrogens with one attached hydrogen (secondary N) is 1. The molecule has 0 amide bonds. The molecule has 1 unspecified atom stereocenters. The fourth-order valence-corrected chi connectivity index (χ4v) is 3.81. The van der Waals surface area contributed by atoms with E-state index in [1.54, 1.807) is 6.26 Å². The highest BCUT2D eigenvalue weighted by molar-refractivity contribution is 7.88. The van der Waals surface area contributed by atoms with Crippen LogP contribution in [0.25, 0.3) is 0 Å². The van der Waals surface area contributed by atoms with E-state index in [1.807, 2.05) is 18.2 Å². The monoisotopic (exact) mass is 373 g/mol. The minimum Gasteiger partial charge on any atom is -0.598 e. The number of nitrogens with zero attached hydrogens (tertiary/aromatic N) is 2. The molecule has 5 nitrogen and oxygen atoms in total. The first kappa shape index (κ1) is 18.2. The van der Waals surface area contributed by atoms with E-state index in [2.05, 4.69) is 9.82 Å². The van der Waals surface area contributed by atoms with Gasteiger partial charge in [0.1, 0.15) is 6.26 Å². The quantitative estimate of drug-likeness (QED) is 0.784. The number of benzene rings is 1. The number of halogens is 3. The van der Waals surface area contributed by atoms with Crippen LogP contribution in [0, 0.1) is 0 Å².